The fourth-order valence-corrected chi connectivity index (χ4v) is 4.46. The van der Waals surface area contributed by atoms with Gasteiger partial charge in [-0.2, -0.15) is 0 Å². The first-order chi connectivity index (χ1) is 13.7. The first-order valence-electron chi connectivity index (χ1n) is 10.3. The molecule has 152 valence electrons. The van der Waals surface area contributed by atoms with Crippen LogP contribution in [0, 0.1) is 19.8 Å². The van der Waals surface area contributed by atoms with Crippen LogP contribution >= 0.6 is 11.3 Å². The van der Waals surface area contributed by atoms with Gasteiger partial charge in [-0.1, -0.05) is 30.3 Å². The van der Waals surface area contributed by atoms with E-state index < -0.39 is 0 Å². The zero-order valence-electron chi connectivity index (χ0n) is 17.2. The van der Waals surface area contributed by atoms with Crippen molar-refractivity contribution in [2.24, 2.45) is 10.9 Å². The van der Waals surface area contributed by atoms with Crippen molar-refractivity contribution in [1.82, 2.24) is 15.6 Å². The van der Waals surface area contributed by atoms with Crippen LogP contribution < -0.4 is 10.6 Å². The van der Waals surface area contributed by atoms with Gasteiger partial charge < -0.3 is 15.4 Å². The third-order valence-electron chi connectivity index (χ3n) is 5.11. The van der Waals surface area contributed by atoms with Gasteiger partial charge in [0.15, 0.2) is 5.96 Å². The van der Waals surface area contributed by atoms with Crippen molar-refractivity contribution < 1.29 is 4.74 Å². The Morgan fingerprint density at radius 3 is 2.79 bits per heavy atom. The van der Waals surface area contributed by atoms with Gasteiger partial charge in [0, 0.05) is 43.5 Å². The van der Waals surface area contributed by atoms with Gasteiger partial charge in [-0.3, -0.25) is 4.99 Å². The number of nitrogens with one attached hydrogen (secondary N) is 2. The number of aliphatic imine (C=N–C) groups is 1. The quantitative estimate of drug-likeness (QED) is 0.544. The Morgan fingerprint density at radius 1 is 1.25 bits per heavy atom. The second kappa shape index (κ2) is 10.6. The molecule has 0 bridgehead atoms. The fourth-order valence-electron chi connectivity index (χ4n) is 3.53. The van der Waals surface area contributed by atoms with Gasteiger partial charge in [0.25, 0.3) is 0 Å². The summed E-state index contributed by atoms with van der Waals surface area (Å²) in [7, 11) is 0. The lowest BCUT2D eigenvalue weighted by molar-refractivity contribution is -0.0250. The molecule has 3 rings (SSSR count). The summed E-state index contributed by atoms with van der Waals surface area (Å²) in [6, 6.07) is 10.5. The normalized spacial score (nSPS) is 20.2. The number of thiazole rings is 1. The number of ether oxygens (including phenoxy) is 1. The van der Waals surface area contributed by atoms with Crippen LogP contribution in [0.5, 0.6) is 0 Å². The van der Waals surface area contributed by atoms with Crippen molar-refractivity contribution in [3.63, 3.8) is 0 Å². The van der Waals surface area contributed by atoms with Crippen LogP contribution in [0.15, 0.2) is 35.3 Å². The van der Waals surface area contributed by atoms with Crippen molar-refractivity contribution in [2.75, 3.05) is 26.2 Å². The number of guanidine groups is 1. The number of aryl methyl sites for hydroxylation is 2. The highest BCUT2D eigenvalue weighted by molar-refractivity contribution is 7.11. The molecular weight excluding hydrogens is 368 g/mol. The van der Waals surface area contributed by atoms with Crippen molar-refractivity contribution in [3.05, 3.63) is 51.5 Å². The Balaban J connectivity index is 1.57. The highest BCUT2D eigenvalue weighted by Gasteiger charge is 2.27. The number of hydrogen-bond acceptors (Lipinski definition) is 4. The van der Waals surface area contributed by atoms with Gasteiger partial charge in [-0.25, -0.2) is 4.98 Å². The van der Waals surface area contributed by atoms with E-state index in [-0.39, 0.29) is 6.10 Å². The highest BCUT2D eigenvalue weighted by Crippen LogP contribution is 2.33. The largest absolute Gasteiger partial charge is 0.373 e. The molecular formula is C22H32N4OS. The van der Waals surface area contributed by atoms with E-state index in [9.17, 15) is 0 Å². The standard InChI is InChI=1S/C22H32N4OS/c1-4-23-22(24-13-12-20-26-16(2)17(3)28-20)25-15-19-11-8-14-27-21(19)18-9-6-5-7-10-18/h5-7,9-10,19,21H,4,8,11-15H2,1-3H3,(H2,23,24,25). The number of aromatic nitrogens is 1. The third kappa shape index (κ3) is 5.79. The Kier molecular flexibility index (Phi) is 7.86. The Morgan fingerprint density at radius 2 is 2.07 bits per heavy atom. The zero-order chi connectivity index (χ0) is 19.8. The molecule has 0 spiro atoms. The maximum Gasteiger partial charge on any atom is 0.191 e. The zero-order valence-corrected chi connectivity index (χ0v) is 18.0. The van der Waals surface area contributed by atoms with Gasteiger partial charge in [-0.05, 0) is 39.2 Å². The van der Waals surface area contributed by atoms with Crippen molar-refractivity contribution >= 4 is 17.3 Å². The van der Waals surface area contributed by atoms with Crippen LogP contribution in [0.1, 0.15) is 47.0 Å². The van der Waals surface area contributed by atoms with Crippen LogP contribution in [-0.4, -0.2) is 37.2 Å². The predicted octanol–water partition coefficient (Wildman–Crippen LogP) is 4.03. The monoisotopic (exact) mass is 400 g/mol. The first-order valence-corrected chi connectivity index (χ1v) is 11.1. The fraction of sp³-hybridized carbons (Fsp3) is 0.545. The third-order valence-corrected chi connectivity index (χ3v) is 6.24. The summed E-state index contributed by atoms with van der Waals surface area (Å²) in [6.45, 7) is 9.59. The van der Waals surface area contributed by atoms with E-state index in [0.717, 1.165) is 57.2 Å². The lowest BCUT2D eigenvalue weighted by Gasteiger charge is -2.31. The Labute approximate surface area is 172 Å². The maximum atomic E-state index is 6.10. The predicted molar refractivity (Wildman–Crippen MR) is 117 cm³/mol. The molecule has 1 aromatic heterocycles. The van der Waals surface area contributed by atoms with Crippen LogP contribution in [0.4, 0.5) is 0 Å². The molecule has 6 heteroatoms. The summed E-state index contributed by atoms with van der Waals surface area (Å²) in [5, 5.41) is 8.00. The summed E-state index contributed by atoms with van der Waals surface area (Å²) in [5.74, 6) is 1.29. The van der Waals surface area contributed by atoms with Crippen LogP contribution in [0.25, 0.3) is 0 Å². The van der Waals surface area contributed by atoms with E-state index in [1.54, 1.807) is 11.3 Å². The minimum atomic E-state index is 0.142. The molecule has 5 nitrogen and oxygen atoms in total. The van der Waals surface area contributed by atoms with Crippen molar-refractivity contribution in [1.29, 1.82) is 0 Å². The molecule has 2 heterocycles. The summed E-state index contributed by atoms with van der Waals surface area (Å²) in [5.41, 5.74) is 2.40. The Bertz CT molecular complexity index is 740. The molecule has 2 aromatic rings. The molecule has 1 saturated heterocycles. The average molecular weight is 401 g/mol. The molecule has 1 aromatic carbocycles. The van der Waals surface area contributed by atoms with Gasteiger partial charge in [0.05, 0.1) is 16.8 Å². The highest BCUT2D eigenvalue weighted by atomic mass is 32.1. The number of rotatable bonds is 7. The van der Waals surface area contributed by atoms with E-state index in [1.165, 1.54) is 15.4 Å². The lowest BCUT2D eigenvalue weighted by atomic mass is 9.89. The summed E-state index contributed by atoms with van der Waals surface area (Å²) < 4.78 is 6.10. The summed E-state index contributed by atoms with van der Waals surface area (Å²) >= 11 is 1.79. The second-order valence-electron chi connectivity index (χ2n) is 7.25. The van der Waals surface area contributed by atoms with Crippen LogP contribution in [-0.2, 0) is 11.2 Å². The molecule has 0 amide bonds. The van der Waals surface area contributed by atoms with Gasteiger partial charge >= 0.3 is 0 Å². The average Bonchev–Trinajstić information content (AvgIpc) is 3.04. The maximum absolute atomic E-state index is 6.10. The number of hydrogen-bond donors (Lipinski definition) is 2. The van der Waals surface area contributed by atoms with E-state index in [0.29, 0.717) is 5.92 Å². The van der Waals surface area contributed by atoms with Crippen molar-refractivity contribution in [2.45, 2.75) is 46.1 Å². The second-order valence-corrected chi connectivity index (χ2v) is 8.54. The first kappa shape index (κ1) is 20.8. The van der Waals surface area contributed by atoms with Crippen molar-refractivity contribution in [3.8, 4) is 0 Å². The summed E-state index contributed by atoms with van der Waals surface area (Å²) in [4.78, 5) is 10.8. The molecule has 1 aliphatic rings. The lowest BCUT2D eigenvalue weighted by Crippen LogP contribution is -2.39. The van der Waals surface area contributed by atoms with Crippen LogP contribution in [0.2, 0.25) is 0 Å². The number of nitrogens with zero attached hydrogens (tertiary/aromatic N) is 2. The smallest absolute Gasteiger partial charge is 0.191 e. The molecule has 0 saturated carbocycles. The molecule has 1 fully saturated rings. The van der Waals surface area contributed by atoms with E-state index in [2.05, 4.69) is 66.7 Å². The molecule has 0 aliphatic carbocycles. The van der Waals surface area contributed by atoms with E-state index in [4.69, 9.17) is 9.73 Å². The van der Waals surface area contributed by atoms with Crippen LogP contribution in [0.3, 0.4) is 0 Å². The molecule has 2 N–H and O–H groups in total. The van der Waals surface area contributed by atoms with E-state index >= 15 is 0 Å². The minimum Gasteiger partial charge on any atom is -0.373 e. The molecule has 28 heavy (non-hydrogen) atoms. The Hall–Kier alpha value is -1.92. The summed E-state index contributed by atoms with van der Waals surface area (Å²) in [6.07, 6.45) is 3.32. The van der Waals surface area contributed by atoms with Gasteiger partial charge in [0.1, 0.15) is 0 Å². The molecule has 1 aliphatic heterocycles. The van der Waals surface area contributed by atoms with E-state index in [1.807, 2.05) is 0 Å². The SMILES string of the molecule is CCNC(=NCC1CCCOC1c1ccccc1)NCCc1nc(C)c(C)s1. The molecule has 0 radical (unpaired) electrons. The molecule has 2 atom stereocenters. The number of benzene rings is 1. The topological polar surface area (TPSA) is 58.5 Å². The van der Waals surface area contributed by atoms with Gasteiger partial charge in [-0.15, -0.1) is 11.3 Å². The molecule has 2 unspecified atom stereocenters. The minimum absolute atomic E-state index is 0.142. The van der Waals surface area contributed by atoms with Gasteiger partial charge in [0.2, 0.25) is 0 Å².